The lowest BCUT2D eigenvalue weighted by Crippen LogP contribution is -2.39. The van der Waals surface area contributed by atoms with Crippen molar-refractivity contribution in [3.8, 4) is 0 Å². The second-order valence-electron chi connectivity index (χ2n) is 7.83. The van der Waals surface area contributed by atoms with Crippen LogP contribution in [-0.4, -0.2) is 24.1 Å². The van der Waals surface area contributed by atoms with Crippen molar-refractivity contribution in [2.24, 2.45) is 35.0 Å². The summed E-state index contributed by atoms with van der Waals surface area (Å²) in [6, 6.07) is 0. The molecule has 0 aromatic heterocycles. The second-order valence-corrected chi connectivity index (χ2v) is 7.83. The predicted molar refractivity (Wildman–Crippen MR) is 72.6 cm³/mol. The Morgan fingerprint density at radius 1 is 1.40 bits per heavy atom. The Morgan fingerprint density at radius 2 is 2.05 bits per heavy atom. The number of hydrogen-bond donors (Lipinski definition) is 0. The van der Waals surface area contributed by atoms with Crippen LogP contribution in [0.25, 0.3) is 0 Å². The Kier molecular flexibility index (Phi) is 2.93. The summed E-state index contributed by atoms with van der Waals surface area (Å²) in [7, 11) is 0. The molecule has 112 valence electrons. The Bertz CT molecular complexity index is 450. The topological polar surface area (TPSA) is 52.6 Å². The summed E-state index contributed by atoms with van der Waals surface area (Å²) in [5.41, 5.74) is -0.116. The van der Waals surface area contributed by atoms with E-state index >= 15 is 0 Å². The zero-order chi connectivity index (χ0) is 14.8. The van der Waals surface area contributed by atoms with Gasteiger partial charge < -0.3 is 9.47 Å². The lowest BCUT2D eigenvalue weighted by Gasteiger charge is -2.30. The van der Waals surface area contributed by atoms with Crippen LogP contribution in [0.3, 0.4) is 0 Å². The van der Waals surface area contributed by atoms with Crippen molar-refractivity contribution >= 4 is 11.9 Å². The maximum Gasteiger partial charge on any atom is 0.309 e. The van der Waals surface area contributed by atoms with E-state index in [2.05, 4.69) is 6.92 Å². The molecule has 0 spiro atoms. The molecule has 2 aliphatic carbocycles. The highest BCUT2D eigenvalue weighted by molar-refractivity contribution is 5.77. The van der Waals surface area contributed by atoms with Gasteiger partial charge in [-0.3, -0.25) is 9.59 Å². The summed E-state index contributed by atoms with van der Waals surface area (Å²) in [4.78, 5) is 24.1. The molecule has 0 aromatic carbocycles. The van der Waals surface area contributed by atoms with Crippen LogP contribution in [0, 0.1) is 35.0 Å². The van der Waals surface area contributed by atoms with Gasteiger partial charge in [0.25, 0.3) is 0 Å². The Labute approximate surface area is 120 Å². The third kappa shape index (κ3) is 1.80. The monoisotopic (exact) mass is 280 g/mol. The number of carbonyl (C=O) groups is 2. The van der Waals surface area contributed by atoms with E-state index in [0.717, 1.165) is 6.42 Å². The van der Waals surface area contributed by atoms with Crippen LogP contribution in [0.4, 0.5) is 0 Å². The molecule has 20 heavy (non-hydrogen) atoms. The van der Waals surface area contributed by atoms with Gasteiger partial charge in [0.15, 0.2) is 0 Å². The lowest BCUT2D eigenvalue weighted by molar-refractivity contribution is -0.168. The molecule has 6 unspecified atom stereocenters. The molecule has 2 saturated carbocycles. The molecule has 3 rings (SSSR count). The molecule has 0 amide bonds. The average molecular weight is 280 g/mol. The fraction of sp³-hybridized carbons (Fsp3) is 0.875. The molecular weight excluding hydrogens is 256 g/mol. The van der Waals surface area contributed by atoms with E-state index in [1.54, 1.807) is 0 Å². The van der Waals surface area contributed by atoms with Crippen molar-refractivity contribution in [3.63, 3.8) is 0 Å². The minimum atomic E-state index is -0.227. The van der Waals surface area contributed by atoms with Gasteiger partial charge in [-0.25, -0.2) is 0 Å². The minimum absolute atomic E-state index is 0.0509. The quantitative estimate of drug-likeness (QED) is 0.729. The summed E-state index contributed by atoms with van der Waals surface area (Å²) < 4.78 is 11.2. The van der Waals surface area contributed by atoms with Crippen molar-refractivity contribution in [1.82, 2.24) is 0 Å². The number of rotatable bonds is 2. The molecule has 4 nitrogen and oxygen atoms in total. The van der Waals surface area contributed by atoms with Gasteiger partial charge in [0.1, 0.15) is 12.2 Å². The maximum absolute atomic E-state index is 12.3. The van der Waals surface area contributed by atoms with Gasteiger partial charge in [0, 0.05) is 11.8 Å². The van der Waals surface area contributed by atoms with Gasteiger partial charge in [0.2, 0.25) is 0 Å². The molecular formula is C16H24O4. The number of fused-ring (bicyclic) bond motifs is 1. The zero-order valence-corrected chi connectivity index (χ0v) is 12.9. The molecule has 0 radical (unpaired) electrons. The van der Waals surface area contributed by atoms with E-state index in [1.165, 1.54) is 0 Å². The highest BCUT2D eigenvalue weighted by atomic mass is 16.6. The van der Waals surface area contributed by atoms with Crippen LogP contribution >= 0.6 is 0 Å². The molecule has 3 fully saturated rings. The van der Waals surface area contributed by atoms with Gasteiger partial charge in [0.05, 0.1) is 11.8 Å². The molecule has 1 aliphatic heterocycles. The molecule has 2 bridgehead atoms. The van der Waals surface area contributed by atoms with Gasteiger partial charge in [-0.15, -0.1) is 0 Å². The third-order valence-corrected chi connectivity index (χ3v) is 5.86. The van der Waals surface area contributed by atoms with E-state index in [9.17, 15) is 9.59 Å². The SMILES string of the molecule is CC(C(=O)OC1C2OC(=O)C3CC1[C@H](C)C32)C(C)(C)C. The van der Waals surface area contributed by atoms with Crippen LogP contribution in [0.15, 0.2) is 0 Å². The van der Waals surface area contributed by atoms with E-state index in [1.807, 2.05) is 27.7 Å². The minimum Gasteiger partial charge on any atom is -0.458 e. The fourth-order valence-electron chi connectivity index (χ4n) is 4.11. The van der Waals surface area contributed by atoms with Crippen LogP contribution in [0.1, 0.15) is 41.0 Å². The summed E-state index contributed by atoms with van der Waals surface area (Å²) in [6.07, 6.45) is 0.399. The first-order valence-corrected chi connectivity index (χ1v) is 7.63. The molecule has 1 saturated heterocycles. The van der Waals surface area contributed by atoms with Crippen molar-refractivity contribution < 1.29 is 19.1 Å². The van der Waals surface area contributed by atoms with Gasteiger partial charge in [-0.2, -0.15) is 0 Å². The zero-order valence-electron chi connectivity index (χ0n) is 12.9. The van der Waals surface area contributed by atoms with Gasteiger partial charge in [-0.05, 0) is 17.8 Å². The number of hydrogen-bond acceptors (Lipinski definition) is 4. The third-order valence-electron chi connectivity index (χ3n) is 5.86. The Hall–Kier alpha value is -1.06. The smallest absolute Gasteiger partial charge is 0.309 e. The van der Waals surface area contributed by atoms with Crippen LogP contribution in [0.2, 0.25) is 0 Å². The Balaban J connectivity index is 1.74. The first-order valence-electron chi connectivity index (χ1n) is 7.63. The molecule has 1 heterocycles. The summed E-state index contributed by atoms with van der Waals surface area (Å²) in [6.45, 7) is 10.2. The second kappa shape index (κ2) is 4.22. The maximum atomic E-state index is 12.3. The van der Waals surface area contributed by atoms with Crippen molar-refractivity contribution in [3.05, 3.63) is 0 Å². The van der Waals surface area contributed by atoms with E-state index in [0.29, 0.717) is 5.92 Å². The standard InChI is InChI=1S/C16H24O4/c1-7-9-6-10-11(7)13(20-15(10)18)12(9)19-14(17)8(2)16(3,4)5/h7-13H,6H2,1-5H3/t7-,8?,9?,10?,11?,12?,13?/m0/s1. The molecule has 0 aromatic rings. The lowest BCUT2D eigenvalue weighted by atomic mass is 9.82. The highest BCUT2D eigenvalue weighted by Gasteiger charge is 2.66. The van der Waals surface area contributed by atoms with E-state index < -0.39 is 0 Å². The summed E-state index contributed by atoms with van der Waals surface area (Å²) in [5, 5.41) is 0. The number of esters is 2. The Morgan fingerprint density at radius 3 is 2.65 bits per heavy atom. The normalized spacial score (nSPS) is 43.5. The van der Waals surface area contributed by atoms with Gasteiger partial charge in [-0.1, -0.05) is 34.6 Å². The first-order chi connectivity index (χ1) is 9.21. The number of carbonyl (C=O) groups excluding carboxylic acids is 2. The highest BCUT2D eigenvalue weighted by Crippen LogP contribution is 2.58. The summed E-state index contributed by atoms with van der Waals surface area (Å²) >= 11 is 0. The van der Waals surface area contributed by atoms with Crippen LogP contribution in [-0.2, 0) is 19.1 Å². The average Bonchev–Trinajstić information content (AvgIpc) is 2.88. The summed E-state index contributed by atoms with van der Waals surface area (Å²) in [5.74, 6) is 0.602. The molecule has 0 N–H and O–H groups in total. The fourth-order valence-corrected chi connectivity index (χ4v) is 4.11. The molecule has 7 atom stereocenters. The van der Waals surface area contributed by atoms with E-state index in [4.69, 9.17) is 9.47 Å². The predicted octanol–water partition coefficient (Wildman–Crippen LogP) is 2.41. The van der Waals surface area contributed by atoms with Crippen LogP contribution in [0.5, 0.6) is 0 Å². The van der Waals surface area contributed by atoms with Crippen LogP contribution < -0.4 is 0 Å². The van der Waals surface area contributed by atoms with E-state index in [-0.39, 0.29) is 53.2 Å². The van der Waals surface area contributed by atoms with Crippen molar-refractivity contribution in [2.75, 3.05) is 0 Å². The molecule has 3 aliphatic rings. The largest absolute Gasteiger partial charge is 0.458 e. The van der Waals surface area contributed by atoms with Crippen molar-refractivity contribution in [2.45, 2.75) is 53.2 Å². The number of ether oxygens (including phenoxy) is 2. The van der Waals surface area contributed by atoms with Gasteiger partial charge >= 0.3 is 11.9 Å². The van der Waals surface area contributed by atoms with Crippen molar-refractivity contribution in [1.29, 1.82) is 0 Å². The first kappa shape index (κ1) is 13.9. The molecule has 4 heteroatoms.